The number of hydrogen-bond acceptors (Lipinski definition) is 4. The number of amides is 1. The van der Waals surface area contributed by atoms with Crippen LogP contribution in [0.2, 0.25) is 0 Å². The van der Waals surface area contributed by atoms with E-state index in [1.807, 2.05) is 6.92 Å². The number of nitrogens with zero attached hydrogens (tertiary/aromatic N) is 1. The SMILES string of the molecule is CCS(=O)C1CCCC(NC(=NC)NCCNC(=O)c2cccc(OC)c2)C1. The first-order valence-electron chi connectivity index (χ1n) is 9.84. The van der Waals surface area contributed by atoms with Crippen molar-refractivity contribution in [2.75, 3.05) is 33.0 Å². The molecule has 0 radical (unpaired) electrons. The van der Waals surface area contributed by atoms with Crippen molar-refractivity contribution in [3.8, 4) is 5.75 Å². The molecule has 0 saturated heterocycles. The summed E-state index contributed by atoms with van der Waals surface area (Å²) in [4.78, 5) is 16.5. The second-order valence-electron chi connectivity index (χ2n) is 6.79. The summed E-state index contributed by atoms with van der Waals surface area (Å²) in [6, 6.07) is 7.35. The van der Waals surface area contributed by atoms with E-state index in [4.69, 9.17) is 4.74 Å². The third kappa shape index (κ3) is 6.82. The summed E-state index contributed by atoms with van der Waals surface area (Å²) in [5, 5.41) is 9.81. The number of nitrogens with one attached hydrogen (secondary N) is 3. The lowest BCUT2D eigenvalue weighted by Crippen LogP contribution is -2.48. The van der Waals surface area contributed by atoms with Gasteiger partial charge in [-0.1, -0.05) is 19.4 Å². The number of aliphatic imine (C=N–C) groups is 1. The van der Waals surface area contributed by atoms with Gasteiger partial charge in [-0.25, -0.2) is 0 Å². The summed E-state index contributed by atoms with van der Waals surface area (Å²) in [7, 11) is 2.57. The molecule has 1 aromatic rings. The second kappa shape index (κ2) is 11.7. The molecule has 1 amide bonds. The van der Waals surface area contributed by atoms with E-state index in [-0.39, 0.29) is 17.2 Å². The van der Waals surface area contributed by atoms with Crippen LogP contribution in [0.3, 0.4) is 0 Å². The molecule has 0 heterocycles. The summed E-state index contributed by atoms with van der Waals surface area (Å²) in [5.41, 5.74) is 0.569. The van der Waals surface area contributed by atoms with E-state index < -0.39 is 10.8 Å². The molecule has 2 rings (SSSR count). The standard InChI is InChI=1S/C20H32N4O3S/c1-4-28(26)18-10-6-8-16(14-18)24-20(21-2)23-12-11-22-19(25)15-7-5-9-17(13-15)27-3/h5,7,9,13,16,18H,4,6,8,10-12,14H2,1-3H3,(H,22,25)(H2,21,23,24). The van der Waals surface area contributed by atoms with Crippen LogP contribution >= 0.6 is 0 Å². The number of ether oxygens (including phenoxy) is 1. The smallest absolute Gasteiger partial charge is 0.251 e. The van der Waals surface area contributed by atoms with Crippen molar-refractivity contribution in [1.82, 2.24) is 16.0 Å². The minimum Gasteiger partial charge on any atom is -0.497 e. The molecule has 0 bridgehead atoms. The molecule has 1 aliphatic rings. The molecule has 1 saturated carbocycles. The maximum atomic E-state index is 12.2. The van der Waals surface area contributed by atoms with Gasteiger partial charge < -0.3 is 20.7 Å². The molecule has 28 heavy (non-hydrogen) atoms. The molecule has 0 spiro atoms. The Balaban J connectivity index is 1.73. The minimum atomic E-state index is -0.740. The molecule has 0 aliphatic heterocycles. The van der Waals surface area contributed by atoms with Gasteiger partial charge in [-0.2, -0.15) is 0 Å². The maximum absolute atomic E-state index is 12.2. The zero-order valence-corrected chi connectivity index (χ0v) is 17.8. The summed E-state index contributed by atoms with van der Waals surface area (Å²) in [5.74, 6) is 1.95. The molecule has 1 aromatic carbocycles. The fourth-order valence-corrected chi connectivity index (χ4v) is 4.71. The van der Waals surface area contributed by atoms with Crippen LogP contribution in [0.4, 0.5) is 0 Å². The predicted octanol–water partition coefficient (Wildman–Crippen LogP) is 1.67. The van der Waals surface area contributed by atoms with E-state index in [0.717, 1.165) is 31.4 Å². The minimum absolute atomic E-state index is 0.138. The molecule has 7 nitrogen and oxygen atoms in total. The van der Waals surface area contributed by atoms with Crippen LogP contribution in [0.5, 0.6) is 5.75 Å². The molecular weight excluding hydrogens is 376 g/mol. The van der Waals surface area contributed by atoms with E-state index in [1.165, 1.54) is 0 Å². The third-order valence-electron chi connectivity index (χ3n) is 4.88. The number of benzene rings is 1. The predicted molar refractivity (Wildman–Crippen MR) is 115 cm³/mol. The highest BCUT2D eigenvalue weighted by Crippen LogP contribution is 2.22. The number of methoxy groups -OCH3 is 1. The van der Waals surface area contributed by atoms with Gasteiger partial charge in [0, 0.05) is 53.5 Å². The monoisotopic (exact) mass is 408 g/mol. The average Bonchev–Trinajstić information content (AvgIpc) is 2.75. The first-order valence-corrected chi connectivity index (χ1v) is 11.2. The topological polar surface area (TPSA) is 91.8 Å². The number of rotatable bonds is 8. The lowest BCUT2D eigenvalue weighted by atomic mass is 9.95. The summed E-state index contributed by atoms with van der Waals surface area (Å²) < 4.78 is 17.2. The quantitative estimate of drug-likeness (QED) is 0.346. The lowest BCUT2D eigenvalue weighted by molar-refractivity contribution is 0.0954. The molecule has 0 aromatic heterocycles. The first-order chi connectivity index (χ1) is 13.6. The number of carbonyl (C=O) groups excluding carboxylic acids is 1. The van der Waals surface area contributed by atoms with Crippen molar-refractivity contribution in [2.24, 2.45) is 4.99 Å². The normalized spacial score (nSPS) is 20.9. The highest BCUT2D eigenvalue weighted by molar-refractivity contribution is 7.85. The zero-order valence-electron chi connectivity index (χ0n) is 17.0. The van der Waals surface area contributed by atoms with Gasteiger partial charge in [0.1, 0.15) is 5.75 Å². The van der Waals surface area contributed by atoms with Crippen LogP contribution in [-0.2, 0) is 10.8 Å². The molecular formula is C20H32N4O3S. The molecule has 8 heteroatoms. The van der Waals surface area contributed by atoms with Gasteiger partial charge in [-0.3, -0.25) is 14.0 Å². The fourth-order valence-electron chi connectivity index (χ4n) is 3.36. The molecule has 1 aliphatic carbocycles. The Morgan fingerprint density at radius 1 is 1.29 bits per heavy atom. The van der Waals surface area contributed by atoms with E-state index in [2.05, 4.69) is 20.9 Å². The second-order valence-corrected chi connectivity index (χ2v) is 8.79. The van der Waals surface area contributed by atoms with Crippen LogP contribution in [0.15, 0.2) is 29.3 Å². The molecule has 3 unspecified atom stereocenters. The Labute approximate surface area is 170 Å². The van der Waals surface area contributed by atoms with E-state index in [0.29, 0.717) is 30.4 Å². The molecule has 3 N–H and O–H groups in total. The van der Waals surface area contributed by atoms with Gasteiger partial charge in [0.15, 0.2) is 5.96 Å². The van der Waals surface area contributed by atoms with E-state index in [9.17, 15) is 9.00 Å². The highest BCUT2D eigenvalue weighted by Gasteiger charge is 2.25. The third-order valence-corrected chi connectivity index (χ3v) is 6.62. The van der Waals surface area contributed by atoms with Crippen LogP contribution in [0.1, 0.15) is 43.0 Å². The molecule has 1 fully saturated rings. The van der Waals surface area contributed by atoms with Crippen molar-refractivity contribution < 1.29 is 13.7 Å². The number of hydrogen-bond donors (Lipinski definition) is 3. The Morgan fingerprint density at radius 2 is 2.07 bits per heavy atom. The first kappa shape index (κ1) is 22.2. The summed E-state index contributed by atoms with van der Waals surface area (Å²) in [6.45, 7) is 3.02. The van der Waals surface area contributed by atoms with E-state index in [1.54, 1.807) is 38.4 Å². The number of carbonyl (C=O) groups is 1. The maximum Gasteiger partial charge on any atom is 0.251 e. The van der Waals surface area contributed by atoms with Gasteiger partial charge in [0.2, 0.25) is 0 Å². The van der Waals surface area contributed by atoms with Crippen molar-refractivity contribution >= 4 is 22.7 Å². The fraction of sp³-hybridized carbons (Fsp3) is 0.600. The Kier molecular flexibility index (Phi) is 9.27. The Hall–Kier alpha value is -2.09. The molecule has 156 valence electrons. The van der Waals surface area contributed by atoms with Crippen molar-refractivity contribution in [3.63, 3.8) is 0 Å². The van der Waals surface area contributed by atoms with Crippen molar-refractivity contribution in [1.29, 1.82) is 0 Å². The van der Waals surface area contributed by atoms with Gasteiger partial charge in [0.25, 0.3) is 5.91 Å². The lowest BCUT2D eigenvalue weighted by Gasteiger charge is -2.30. The van der Waals surface area contributed by atoms with Gasteiger partial charge in [-0.15, -0.1) is 0 Å². The van der Waals surface area contributed by atoms with Crippen LogP contribution < -0.4 is 20.7 Å². The van der Waals surface area contributed by atoms with Gasteiger partial charge in [-0.05, 0) is 37.5 Å². The largest absolute Gasteiger partial charge is 0.497 e. The van der Waals surface area contributed by atoms with Crippen LogP contribution in [0, 0.1) is 0 Å². The Bertz CT molecular complexity index is 696. The van der Waals surface area contributed by atoms with Crippen LogP contribution in [0.25, 0.3) is 0 Å². The molecule has 3 atom stereocenters. The zero-order chi connectivity index (χ0) is 20.4. The van der Waals surface area contributed by atoms with Gasteiger partial charge in [0.05, 0.1) is 7.11 Å². The summed E-state index contributed by atoms with van der Waals surface area (Å²) >= 11 is 0. The van der Waals surface area contributed by atoms with Crippen LogP contribution in [-0.4, -0.2) is 60.4 Å². The summed E-state index contributed by atoms with van der Waals surface area (Å²) in [6.07, 6.45) is 4.10. The van der Waals surface area contributed by atoms with Crippen molar-refractivity contribution in [2.45, 2.75) is 43.9 Å². The van der Waals surface area contributed by atoms with E-state index >= 15 is 0 Å². The Morgan fingerprint density at radius 3 is 2.79 bits per heavy atom. The van der Waals surface area contributed by atoms with Gasteiger partial charge >= 0.3 is 0 Å². The number of guanidine groups is 1. The van der Waals surface area contributed by atoms with Crippen molar-refractivity contribution in [3.05, 3.63) is 29.8 Å². The average molecular weight is 409 g/mol. The highest BCUT2D eigenvalue weighted by atomic mass is 32.2.